The third-order valence-electron chi connectivity index (χ3n) is 3.56. The minimum atomic E-state index is -4.52. The number of esters is 1. The molecule has 0 atom stereocenters. The number of ether oxygens (including phenoxy) is 1. The maximum Gasteiger partial charge on any atom is 0.419 e. The van der Waals surface area contributed by atoms with Crippen LogP contribution in [-0.2, 0) is 10.9 Å². The number of nitrogens with one attached hydrogen (secondary N) is 1. The standard InChI is InChI=1S/C16H13ClF3N3O4/c1-22(14-13(17)8-11(9-21-14)16(18,19)20)6-7-27-15(24)10-2-4-12(5-3-10)23(25)26/h2-5,8-9H,6-7H2,1H3/p+1. The van der Waals surface area contributed by atoms with Gasteiger partial charge < -0.3 is 4.74 Å². The van der Waals surface area contributed by atoms with Crippen molar-refractivity contribution in [3.8, 4) is 0 Å². The molecule has 0 radical (unpaired) electrons. The number of nitro benzene ring substituents is 1. The van der Waals surface area contributed by atoms with Crippen LogP contribution in [0.15, 0.2) is 36.5 Å². The molecule has 1 aromatic heterocycles. The van der Waals surface area contributed by atoms with Gasteiger partial charge in [-0.1, -0.05) is 11.6 Å². The number of rotatable bonds is 6. The van der Waals surface area contributed by atoms with E-state index < -0.39 is 22.6 Å². The Morgan fingerprint density at radius 1 is 1.33 bits per heavy atom. The van der Waals surface area contributed by atoms with Crippen LogP contribution in [0.1, 0.15) is 15.9 Å². The summed E-state index contributed by atoms with van der Waals surface area (Å²) in [7, 11) is 1.56. The first-order valence-electron chi connectivity index (χ1n) is 7.50. The van der Waals surface area contributed by atoms with Gasteiger partial charge in [0.25, 0.3) is 11.5 Å². The smallest absolute Gasteiger partial charge is 0.419 e. The van der Waals surface area contributed by atoms with Crippen molar-refractivity contribution in [3.05, 3.63) is 62.8 Å². The fourth-order valence-corrected chi connectivity index (χ4v) is 2.42. The van der Waals surface area contributed by atoms with Crippen LogP contribution in [0.5, 0.6) is 0 Å². The maximum atomic E-state index is 12.6. The summed E-state index contributed by atoms with van der Waals surface area (Å²) >= 11 is 5.87. The summed E-state index contributed by atoms with van der Waals surface area (Å²) in [5.41, 5.74) is -0.921. The first-order chi connectivity index (χ1) is 12.6. The third-order valence-corrected chi connectivity index (χ3v) is 3.84. The highest BCUT2D eigenvalue weighted by atomic mass is 35.5. The molecule has 27 heavy (non-hydrogen) atoms. The number of H-pyrrole nitrogens is 1. The first-order valence-corrected chi connectivity index (χ1v) is 7.88. The summed E-state index contributed by atoms with van der Waals surface area (Å²) in [6.45, 7) is 0.0812. The summed E-state index contributed by atoms with van der Waals surface area (Å²) in [5.74, 6) is -0.447. The van der Waals surface area contributed by atoms with Crippen molar-refractivity contribution in [1.29, 1.82) is 0 Å². The van der Waals surface area contributed by atoms with Gasteiger partial charge in [-0.15, -0.1) is 0 Å². The molecule has 0 bridgehead atoms. The summed E-state index contributed by atoms with van der Waals surface area (Å²) in [4.78, 5) is 25.8. The van der Waals surface area contributed by atoms with E-state index in [9.17, 15) is 28.1 Å². The van der Waals surface area contributed by atoms with E-state index in [4.69, 9.17) is 16.3 Å². The van der Waals surface area contributed by atoms with Crippen LogP contribution in [0.25, 0.3) is 0 Å². The predicted octanol–water partition coefficient (Wildman–Crippen LogP) is 3.37. The van der Waals surface area contributed by atoms with Crippen molar-refractivity contribution >= 4 is 29.1 Å². The largest absolute Gasteiger partial charge is 0.458 e. The Labute approximate surface area is 156 Å². The summed E-state index contributed by atoms with van der Waals surface area (Å²) in [5, 5.41) is 10.4. The second kappa shape index (κ2) is 8.21. The van der Waals surface area contributed by atoms with Crippen molar-refractivity contribution in [2.75, 3.05) is 25.1 Å². The fourth-order valence-electron chi connectivity index (χ4n) is 2.11. The third kappa shape index (κ3) is 5.30. The maximum absolute atomic E-state index is 12.6. The Balaban J connectivity index is 1.93. The van der Waals surface area contributed by atoms with Gasteiger partial charge in [-0.3, -0.25) is 15.0 Å². The Bertz CT molecular complexity index is 844. The molecule has 0 unspecified atom stereocenters. The van der Waals surface area contributed by atoms with Crippen LogP contribution in [0, 0.1) is 10.1 Å². The average molecular weight is 405 g/mol. The number of hydrogen-bond acceptors (Lipinski definition) is 5. The van der Waals surface area contributed by atoms with E-state index in [0.717, 1.165) is 12.3 Å². The minimum Gasteiger partial charge on any atom is -0.458 e. The van der Waals surface area contributed by atoms with Gasteiger partial charge in [0.15, 0.2) is 0 Å². The van der Waals surface area contributed by atoms with Gasteiger partial charge in [0.2, 0.25) is 0 Å². The zero-order chi connectivity index (χ0) is 20.2. The number of likely N-dealkylation sites (N-methyl/N-ethyl adjacent to an activating group) is 1. The molecule has 11 heteroatoms. The molecule has 1 aromatic carbocycles. The molecule has 0 amide bonds. The molecule has 2 rings (SSSR count). The van der Waals surface area contributed by atoms with Crippen LogP contribution in [0.3, 0.4) is 0 Å². The predicted molar refractivity (Wildman–Crippen MR) is 89.7 cm³/mol. The molecule has 0 aliphatic carbocycles. The van der Waals surface area contributed by atoms with Crippen molar-refractivity contribution in [1.82, 2.24) is 0 Å². The Kier molecular flexibility index (Phi) is 6.21. The lowest BCUT2D eigenvalue weighted by atomic mass is 10.2. The lowest BCUT2D eigenvalue weighted by Crippen LogP contribution is -2.30. The van der Waals surface area contributed by atoms with E-state index in [0.29, 0.717) is 0 Å². The number of benzene rings is 1. The SMILES string of the molecule is CN(CCOC(=O)c1ccc([N+](=O)[O-])cc1)c1[nH+]cc(C(F)(F)F)cc1Cl. The van der Waals surface area contributed by atoms with Gasteiger partial charge in [0.05, 0.1) is 23.1 Å². The van der Waals surface area contributed by atoms with Crippen LogP contribution in [-0.4, -0.2) is 31.1 Å². The highest BCUT2D eigenvalue weighted by Crippen LogP contribution is 2.31. The fraction of sp³-hybridized carbons (Fsp3) is 0.250. The van der Waals surface area contributed by atoms with Crippen molar-refractivity contribution < 1.29 is 32.6 Å². The van der Waals surface area contributed by atoms with Crippen LogP contribution in [0.2, 0.25) is 5.02 Å². The summed E-state index contributed by atoms with van der Waals surface area (Å²) in [6, 6.07) is 5.70. The monoisotopic (exact) mass is 404 g/mol. The molecule has 1 heterocycles. The van der Waals surface area contributed by atoms with Gasteiger partial charge in [-0.25, -0.2) is 9.78 Å². The molecule has 1 N–H and O–H groups in total. The zero-order valence-corrected chi connectivity index (χ0v) is 14.7. The highest BCUT2D eigenvalue weighted by Gasteiger charge is 2.33. The van der Waals surface area contributed by atoms with E-state index in [1.165, 1.54) is 29.2 Å². The quantitative estimate of drug-likeness (QED) is 0.418. The Morgan fingerprint density at radius 2 is 1.96 bits per heavy atom. The molecule has 2 aromatic rings. The van der Waals surface area contributed by atoms with Gasteiger partial charge in [0.1, 0.15) is 24.4 Å². The molecule has 0 aliphatic rings. The number of carbonyl (C=O) groups is 1. The number of anilines is 1. The lowest BCUT2D eigenvalue weighted by Gasteiger charge is -2.13. The zero-order valence-electron chi connectivity index (χ0n) is 13.9. The van der Waals surface area contributed by atoms with Gasteiger partial charge in [0, 0.05) is 12.1 Å². The van der Waals surface area contributed by atoms with Crippen molar-refractivity contribution in [2.24, 2.45) is 0 Å². The van der Waals surface area contributed by atoms with Gasteiger partial charge in [-0.2, -0.15) is 13.2 Å². The number of nitrogens with zero attached hydrogens (tertiary/aromatic N) is 2. The van der Waals surface area contributed by atoms with E-state index in [1.54, 1.807) is 7.05 Å². The number of aromatic nitrogens is 1. The van der Waals surface area contributed by atoms with Crippen LogP contribution in [0.4, 0.5) is 24.7 Å². The minimum absolute atomic E-state index is 0.0719. The summed E-state index contributed by atoms with van der Waals surface area (Å²) < 4.78 is 43.0. The molecule has 0 spiro atoms. The van der Waals surface area contributed by atoms with Crippen molar-refractivity contribution in [3.63, 3.8) is 0 Å². The molecule has 7 nitrogen and oxygen atoms in total. The van der Waals surface area contributed by atoms with Gasteiger partial charge in [-0.05, 0) is 18.2 Å². The normalized spacial score (nSPS) is 11.1. The number of pyridine rings is 1. The van der Waals surface area contributed by atoms with E-state index in [1.807, 2.05) is 0 Å². The number of halogens is 4. The molecular weight excluding hydrogens is 391 g/mol. The summed E-state index contributed by atoms with van der Waals surface area (Å²) in [6.07, 6.45) is -3.72. The first kappa shape index (κ1) is 20.4. The average Bonchev–Trinajstić information content (AvgIpc) is 2.60. The highest BCUT2D eigenvalue weighted by molar-refractivity contribution is 6.32. The molecule has 0 saturated heterocycles. The second-order valence-corrected chi connectivity index (χ2v) is 5.85. The van der Waals surface area contributed by atoms with E-state index in [2.05, 4.69) is 4.98 Å². The Hall–Kier alpha value is -2.88. The molecule has 0 saturated carbocycles. The second-order valence-electron chi connectivity index (χ2n) is 5.44. The Morgan fingerprint density at radius 3 is 2.48 bits per heavy atom. The van der Waals surface area contributed by atoms with E-state index >= 15 is 0 Å². The number of alkyl halides is 3. The van der Waals surface area contributed by atoms with Crippen molar-refractivity contribution in [2.45, 2.75) is 6.18 Å². The topological polar surface area (TPSA) is 86.8 Å². The molecular formula is C16H14ClF3N3O4+. The number of non-ortho nitro benzene ring substituents is 1. The van der Waals surface area contributed by atoms with E-state index in [-0.39, 0.29) is 35.2 Å². The number of carbonyl (C=O) groups excluding carboxylic acids is 1. The molecule has 0 aliphatic heterocycles. The van der Waals surface area contributed by atoms with Crippen LogP contribution < -0.4 is 9.88 Å². The number of aromatic amines is 1. The van der Waals surface area contributed by atoms with Crippen LogP contribution >= 0.6 is 11.6 Å². The van der Waals surface area contributed by atoms with Gasteiger partial charge >= 0.3 is 12.1 Å². The number of hydrogen-bond donors (Lipinski definition) is 0. The molecule has 0 fully saturated rings. The lowest BCUT2D eigenvalue weighted by molar-refractivity contribution is -0.384. The number of nitro groups is 1. The molecule has 144 valence electrons.